The first-order valence-electron chi connectivity index (χ1n) is 17.3. The first kappa shape index (κ1) is 38.2. The number of allylic oxidation sites excluding steroid dienone is 4. The number of likely N-dealkylation sites (N-methyl/N-ethyl adjacent to an activating group) is 2. The lowest BCUT2D eigenvalue weighted by Gasteiger charge is -2.34. The number of carbonyl (C=O) groups is 3. The number of hydrogen-bond donors (Lipinski definition) is 5. The third-order valence-corrected chi connectivity index (χ3v) is 9.09. The normalized spacial score (nSPS) is 20.0. The van der Waals surface area contributed by atoms with Crippen LogP contribution in [0.25, 0.3) is 0 Å². The average Bonchev–Trinajstić information content (AvgIpc) is 3.56. The molecule has 1 unspecified atom stereocenters. The number of aliphatic hydroxyl groups excluding tert-OH is 2. The summed E-state index contributed by atoms with van der Waals surface area (Å²) in [5.74, 6) is -0.604. The lowest BCUT2D eigenvalue weighted by atomic mass is 9.82. The van der Waals surface area contributed by atoms with Crippen molar-refractivity contribution in [2.24, 2.45) is 17.8 Å². The lowest BCUT2D eigenvalue weighted by Crippen LogP contribution is -2.57. The van der Waals surface area contributed by atoms with Crippen LogP contribution in [0.15, 0.2) is 36.8 Å². The maximum Gasteiger partial charge on any atom is 0.410 e. The number of hydrogen-bond acceptors (Lipinski definition) is 8. The van der Waals surface area contributed by atoms with Gasteiger partial charge in [0.1, 0.15) is 12.1 Å². The van der Waals surface area contributed by atoms with E-state index in [2.05, 4.69) is 20.6 Å². The number of rotatable bonds is 18. The van der Waals surface area contributed by atoms with Gasteiger partial charge in [0.15, 0.2) is 6.10 Å². The fourth-order valence-electron chi connectivity index (χ4n) is 6.27. The minimum absolute atomic E-state index is 0.0204. The van der Waals surface area contributed by atoms with Gasteiger partial charge in [-0.15, -0.1) is 0 Å². The summed E-state index contributed by atoms with van der Waals surface area (Å²) in [5.41, 5.74) is 0.631. The Hall–Kier alpha value is -3.22. The summed E-state index contributed by atoms with van der Waals surface area (Å²) >= 11 is 0. The SMILES string of the molecule is CC(C)C[C@H](O)[C@H](O)[C@H](CC1CCCCC1)NC(=O)[C@H](Cc1cnc[nH]1)NC(=O)[C@H](CC1C=CC=CC1)OC(=O)N(C)CCN(C)C. The fourth-order valence-corrected chi connectivity index (χ4v) is 6.27. The van der Waals surface area contributed by atoms with E-state index in [1.165, 1.54) is 17.6 Å². The molecule has 47 heavy (non-hydrogen) atoms. The van der Waals surface area contributed by atoms with Crippen LogP contribution in [0.4, 0.5) is 4.79 Å². The lowest BCUT2D eigenvalue weighted by molar-refractivity contribution is -0.135. The van der Waals surface area contributed by atoms with Gasteiger partial charge < -0.3 is 40.4 Å². The second kappa shape index (κ2) is 19.6. The van der Waals surface area contributed by atoms with Crippen LogP contribution in [0.3, 0.4) is 0 Å². The van der Waals surface area contributed by atoms with Gasteiger partial charge in [-0.1, -0.05) is 70.3 Å². The topological polar surface area (TPSA) is 160 Å². The molecule has 0 aliphatic heterocycles. The van der Waals surface area contributed by atoms with E-state index in [-0.39, 0.29) is 24.7 Å². The van der Waals surface area contributed by atoms with Gasteiger partial charge in [-0.2, -0.15) is 0 Å². The molecule has 12 nitrogen and oxygen atoms in total. The molecule has 1 aromatic heterocycles. The molecular weight excluding hydrogens is 600 g/mol. The number of ether oxygens (including phenoxy) is 1. The van der Waals surface area contributed by atoms with Crippen LogP contribution in [0.2, 0.25) is 0 Å². The van der Waals surface area contributed by atoms with Gasteiger partial charge in [-0.05, 0) is 51.1 Å². The van der Waals surface area contributed by atoms with Crippen molar-refractivity contribution in [1.29, 1.82) is 0 Å². The molecule has 0 spiro atoms. The Morgan fingerprint density at radius 1 is 1.02 bits per heavy atom. The van der Waals surface area contributed by atoms with Crippen molar-refractivity contribution in [3.63, 3.8) is 0 Å². The van der Waals surface area contributed by atoms with Gasteiger partial charge in [0.2, 0.25) is 5.91 Å². The highest BCUT2D eigenvalue weighted by Crippen LogP contribution is 2.29. The number of nitrogens with one attached hydrogen (secondary N) is 3. The molecule has 0 radical (unpaired) electrons. The van der Waals surface area contributed by atoms with Gasteiger partial charge in [0, 0.05) is 44.9 Å². The predicted octanol–water partition coefficient (Wildman–Crippen LogP) is 3.18. The number of amides is 3. The number of H-pyrrole nitrogens is 1. The number of aromatic amines is 1. The minimum Gasteiger partial charge on any atom is -0.436 e. The fraction of sp³-hybridized carbons (Fsp3) is 0.714. The Morgan fingerprint density at radius 2 is 1.77 bits per heavy atom. The Balaban J connectivity index is 1.81. The first-order valence-corrected chi connectivity index (χ1v) is 17.3. The van der Waals surface area contributed by atoms with Crippen LogP contribution in [0.1, 0.15) is 77.3 Å². The smallest absolute Gasteiger partial charge is 0.410 e. The van der Waals surface area contributed by atoms with Crippen LogP contribution in [0, 0.1) is 17.8 Å². The van der Waals surface area contributed by atoms with Crippen molar-refractivity contribution in [2.75, 3.05) is 34.2 Å². The summed E-state index contributed by atoms with van der Waals surface area (Å²) in [6.07, 6.45) is 14.4. The number of aliphatic hydroxyl groups is 2. The molecule has 1 heterocycles. The maximum atomic E-state index is 14.0. The van der Waals surface area contributed by atoms with E-state index >= 15 is 0 Å². The number of aromatic nitrogens is 2. The van der Waals surface area contributed by atoms with Gasteiger partial charge in [-0.3, -0.25) is 9.59 Å². The Labute approximate surface area is 280 Å². The van der Waals surface area contributed by atoms with E-state index in [9.17, 15) is 24.6 Å². The van der Waals surface area contributed by atoms with Crippen LogP contribution >= 0.6 is 0 Å². The van der Waals surface area contributed by atoms with Gasteiger partial charge in [0.25, 0.3) is 5.91 Å². The largest absolute Gasteiger partial charge is 0.436 e. The van der Waals surface area contributed by atoms with Crippen LogP contribution < -0.4 is 10.6 Å². The Kier molecular flexibility index (Phi) is 15.9. The third kappa shape index (κ3) is 13.4. The van der Waals surface area contributed by atoms with Crippen molar-refractivity contribution < 1.29 is 29.3 Å². The van der Waals surface area contributed by atoms with E-state index in [1.807, 2.05) is 57.1 Å². The van der Waals surface area contributed by atoms with E-state index in [0.717, 1.165) is 25.7 Å². The molecule has 0 aromatic carbocycles. The van der Waals surface area contributed by atoms with E-state index in [0.29, 0.717) is 44.0 Å². The second-order valence-corrected chi connectivity index (χ2v) is 14.0. The summed E-state index contributed by atoms with van der Waals surface area (Å²) in [4.78, 5) is 51.4. The molecule has 0 saturated heterocycles. The van der Waals surface area contributed by atoms with Crippen molar-refractivity contribution in [2.45, 2.75) is 108 Å². The molecule has 3 rings (SSSR count). The van der Waals surface area contributed by atoms with Crippen molar-refractivity contribution in [1.82, 2.24) is 30.4 Å². The van der Waals surface area contributed by atoms with Gasteiger partial charge >= 0.3 is 6.09 Å². The Morgan fingerprint density at radius 3 is 2.38 bits per heavy atom. The van der Waals surface area contributed by atoms with Crippen molar-refractivity contribution in [3.05, 3.63) is 42.5 Å². The van der Waals surface area contributed by atoms with Gasteiger partial charge in [0.05, 0.1) is 18.5 Å². The quantitative estimate of drug-likeness (QED) is 0.161. The molecule has 1 saturated carbocycles. The first-order chi connectivity index (χ1) is 22.4. The average molecular weight is 659 g/mol. The molecule has 2 aliphatic carbocycles. The zero-order valence-electron chi connectivity index (χ0n) is 28.9. The molecule has 6 atom stereocenters. The second-order valence-electron chi connectivity index (χ2n) is 14.0. The summed E-state index contributed by atoms with van der Waals surface area (Å²) in [6, 6.07) is -1.75. The van der Waals surface area contributed by atoms with E-state index < -0.39 is 48.3 Å². The summed E-state index contributed by atoms with van der Waals surface area (Å²) in [6.45, 7) is 5.00. The minimum atomic E-state index is -1.16. The van der Waals surface area contributed by atoms with Crippen LogP contribution in [-0.4, -0.2) is 113 Å². The number of carbonyl (C=O) groups excluding carboxylic acids is 3. The molecule has 1 aromatic rings. The third-order valence-electron chi connectivity index (χ3n) is 9.09. The number of imidazole rings is 1. The number of nitrogens with zero attached hydrogens (tertiary/aromatic N) is 3. The molecule has 1 fully saturated rings. The predicted molar refractivity (Wildman–Crippen MR) is 181 cm³/mol. The molecular formula is C35H58N6O6. The summed E-state index contributed by atoms with van der Waals surface area (Å²) in [7, 11) is 5.45. The Bertz CT molecular complexity index is 1150. The molecule has 264 valence electrons. The molecule has 5 N–H and O–H groups in total. The molecule has 12 heteroatoms. The molecule has 2 aliphatic rings. The monoisotopic (exact) mass is 658 g/mol. The maximum absolute atomic E-state index is 14.0. The summed E-state index contributed by atoms with van der Waals surface area (Å²) in [5, 5.41) is 28.0. The highest BCUT2D eigenvalue weighted by molar-refractivity contribution is 5.90. The van der Waals surface area contributed by atoms with E-state index in [4.69, 9.17) is 4.74 Å². The van der Waals surface area contributed by atoms with Gasteiger partial charge in [-0.25, -0.2) is 9.78 Å². The highest BCUT2D eigenvalue weighted by atomic mass is 16.6. The van der Waals surface area contributed by atoms with Crippen molar-refractivity contribution >= 4 is 17.9 Å². The zero-order valence-corrected chi connectivity index (χ0v) is 28.9. The summed E-state index contributed by atoms with van der Waals surface area (Å²) < 4.78 is 5.79. The highest BCUT2D eigenvalue weighted by Gasteiger charge is 2.35. The van der Waals surface area contributed by atoms with Crippen LogP contribution in [-0.2, 0) is 20.7 Å². The molecule has 3 amide bonds. The zero-order chi connectivity index (χ0) is 34.3. The van der Waals surface area contributed by atoms with Crippen molar-refractivity contribution in [3.8, 4) is 0 Å². The molecule has 0 bridgehead atoms. The van der Waals surface area contributed by atoms with Crippen LogP contribution in [0.5, 0.6) is 0 Å². The standard InChI is InChI=1S/C35H58N6O6/c1-24(2)18-30(42)32(43)28(19-25-12-8-6-9-13-25)38-33(44)29(21-27-22-36-23-37-27)39-34(45)31(20-26-14-10-7-11-15-26)47-35(46)41(5)17-16-40(3)4/h7,10-11,14,22-26,28-32,42-43H,6,8-9,12-13,15-21H2,1-5H3,(H,36,37)(H,38,44)(H,39,45)/t26?,28-,29-,30-,31-,32+/m0/s1. The van der Waals surface area contributed by atoms with E-state index in [1.54, 1.807) is 13.2 Å².